The first-order valence-corrected chi connectivity index (χ1v) is 12.0. The third-order valence-electron chi connectivity index (χ3n) is 4.93. The first-order valence-electron chi connectivity index (χ1n) is 10.6. The number of carbonyl (C=O) groups excluding carboxylic acids is 1. The molecular formula is C25H25ClINO5. The smallest absolute Gasteiger partial charge is 0.264 e. The van der Waals surface area contributed by atoms with E-state index in [0.29, 0.717) is 64.1 Å². The third-order valence-corrected chi connectivity index (χ3v) is 6.03. The molecule has 0 saturated heterocycles. The second-order valence-corrected chi connectivity index (χ2v) is 8.73. The number of halogens is 2. The summed E-state index contributed by atoms with van der Waals surface area (Å²) in [6.45, 7) is 4.13. The molecule has 0 aliphatic rings. The molecule has 0 unspecified atom stereocenters. The van der Waals surface area contributed by atoms with Crippen LogP contribution in [0.2, 0.25) is 5.02 Å². The second-order valence-electron chi connectivity index (χ2n) is 7.16. The Hall–Kier alpha value is -2.36. The number of ether oxygens (including phenoxy) is 3. The summed E-state index contributed by atoms with van der Waals surface area (Å²) < 4.78 is 19.1. The first-order chi connectivity index (χ1) is 16.0. The fourth-order valence-electron chi connectivity index (χ4n) is 3.19. The van der Waals surface area contributed by atoms with E-state index >= 15 is 0 Å². The first kappa shape index (κ1) is 25.3. The van der Waals surface area contributed by atoms with Gasteiger partial charge in [-0.2, -0.15) is 0 Å². The van der Waals surface area contributed by atoms with E-state index in [0.717, 1.165) is 11.8 Å². The van der Waals surface area contributed by atoms with Gasteiger partial charge >= 0.3 is 0 Å². The van der Waals surface area contributed by atoms with Gasteiger partial charge in [0.2, 0.25) is 0 Å². The lowest BCUT2D eigenvalue weighted by Crippen LogP contribution is -2.27. The van der Waals surface area contributed by atoms with E-state index in [2.05, 4.69) is 0 Å². The molecule has 0 fully saturated rings. The minimum absolute atomic E-state index is 0.115. The summed E-state index contributed by atoms with van der Waals surface area (Å²) in [7, 11) is 0. The Morgan fingerprint density at radius 2 is 1.76 bits per heavy atom. The molecule has 174 valence electrons. The van der Waals surface area contributed by atoms with Crippen molar-refractivity contribution in [2.45, 2.75) is 26.5 Å². The van der Waals surface area contributed by atoms with Crippen molar-refractivity contribution in [2.75, 3.05) is 19.8 Å². The van der Waals surface area contributed by atoms with Crippen molar-refractivity contribution in [3.8, 4) is 11.5 Å². The molecule has 2 aromatic carbocycles. The number of hydrogen-bond acceptors (Lipinski definition) is 5. The highest BCUT2D eigenvalue weighted by Gasteiger charge is 2.14. The average molecular weight is 582 g/mol. The van der Waals surface area contributed by atoms with Crippen LogP contribution in [0.25, 0.3) is 0 Å². The SMILES string of the molecule is CCOCCOc1cccc(OCc2c(Cl)cc(I)c(=O)n2CCc2ccc(C=O)cc2)c1. The molecule has 0 radical (unpaired) electrons. The summed E-state index contributed by atoms with van der Waals surface area (Å²) in [4.78, 5) is 23.7. The third kappa shape index (κ3) is 7.31. The van der Waals surface area contributed by atoms with Gasteiger partial charge in [0.1, 0.15) is 31.0 Å². The van der Waals surface area contributed by atoms with Crippen molar-refractivity contribution in [1.29, 1.82) is 0 Å². The molecule has 6 nitrogen and oxygen atoms in total. The van der Waals surface area contributed by atoms with Gasteiger partial charge < -0.3 is 18.8 Å². The van der Waals surface area contributed by atoms with E-state index < -0.39 is 0 Å². The summed E-state index contributed by atoms with van der Waals surface area (Å²) in [5.74, 6) is 1.29. The van der Waals surface area contributed by atoms with Gasteiger partial charge in [0.25, 0.3) is 5.56 Å². The number of carbonyl (C=O) groups is 1. The Bertz CT molecular complexity index is 1130. The quantitative estimate of drug-likeness (QED) is 0.168. The van der Waals surface area contributed by atoms with Crippen molar-refractivity contribution in [2.24, 2.45) is 0 Å². The van der Waals surface area contributed by atoms with Crippen molar-refractivity contribution < 1.29 is 19.0 Å². The lowest BCUT2D eigenvalue weighted by atomic mass is 10.1. The van der Waals surface area contributed by atoms with Gasteiger partial charge in [-0.25, -0.2) is 0 Å². The summed E-state index contributed by atoms with van der Waals surface area (Å²) in [6.07, 6.45) is 1.42. The van der Waals surface area contributed by atoms with Gasteiger partial charge in [-0.05, 0) is 59.7 Å². The maximum atomic E-state index is 12.9. The van der Waals surface area contributed by atoms with Crippen LogP contribution in [0.4, 0.5) is 0 Å². The Morgan fingerprint density at radius 3 is 2.45 bits per heavy atom. The van der Waals surface area contributed by atoms with Gasteiger partial charge in [-0.1, -0.05) is 41.9 Å². The largest absolute Gasteiger partial charge is 0.491 e. The molecule has 0 aliphatic carbocycles. The Balaban J connectivity index is 1.72. The standard InChI is InChI=1S/C25H25ClINO5/c1-2-31-12-13-32-20-4-3-5-21(14-20)33-17-24-22(26)15-23(27)25(30)28(24)11-10-18-6-8-19(16-29)9-7-18/h3-9,14-16H,2,10-13,17H2,1H3. The molecule has 3 aromatic rings. The Morgan fingerprint density at radius 1 is 1.03 bits per heavy atom. The van der Waals surface area contributed by atoms with E-state index in [-0.39, 0.29) is 12.2 Å². The maximum Gasteiger partial charge on any atom is 0.264 e. The number of aryl methyl sites for hydroxylation is 1. The molecule has 0 N–H and O–H groups in total. The van der Waals surface area contributed by atoms with Crippen LogP contribution in [0.3, 0.4) is 0 Å². The lowest BCUT2D eigenvalue weighted by Gasteiger charge is -2.16. The van der Waals surface area contributed by atoms with E-state index in [9.17, 15) is 9.59 Å². The topological polar surface area (TPSA) is 66.8 Å². The summed E-state index contributed by atoms with van der Waals surface area (Å²) in [5, 5.41) is 0.472. The molecule has 1 heterocycles. The van der Waals surface area contributed by atoms with Crippen molar-refractivity contribution >= 4 is 40.5 Å². The van der Waals surface area contributed by atoms with Crippen LogP contribution in [0, 0.1) is 3.57 Å². The molecule has 33 heavy (non-hydrogen) atoms. The van der Waals surface area contributed by atoms with E-state index in [4.69, 9.17) is 25.8 Å². The van der Waals surface area contributed by atoms with Gasteiger partial charge in [-0.3, -0.25) is 9.59 Å². The van der Waals surface area contributed by atoms with Gasteiger partial charge in [0, 0.05) is 24.8 Å². The number of rotatable bonds is 12. The molecule has 1 aromatic heterocycles. The summed E-state index contributed by atoms with van der Waals surface area (Å²) in [6, 6.07) is 16.3. The van der Waals surface area contributed by atoms with Crippen LogP contribution in [0.1, 0.15) is 28.5 Å². The monoisotopic (exact) mass is 581 g/mol. The van der Waals surface area contributed by atoms with E-state index in [1.807, 2.05) is 59.8 Å². The Labute approximate surface area is 211 Å². The minimum atomic E-state index is -0.115. The molecular weight excluding hydrogens is 557 g/mol. The highest BCUT2D eigenvalue weighted by Crippen LogP contribution is 2.23. The second kappa shape index (κ2) is 12.8. The number of aromatic nitrogens is 1. The number of hydrogen-bond donors (Lipinski definition) is 0. The zero-order valence-electron chi connectivity index (χ0n) is 18.3. The lowest BCUT2D eigenvalue weighted by molar-refractivity contribution is 0.110. The average Bonchev–Trinajstić information content (AvgIpc) is 2.83. The highest BCUT2D eigenvalue weighted by molar-refractivity contribution is 14.1. The number of benzene rings is 2. The van der Waals surface area contributed by atoms with E-state index in [1.165, 1.54) is 0 Å². The van der Waals surface area contributed by atoms with Gasteiger partial charge in [0.15, 0.2) is 0 Å². The van der Waals surface area contributed by atoms with E-state index in [1.54, 1.807) is 28.8 Å². The van der Waals surface area contributed by atoms with Gasteiger partial charge in [0.05, 0.1) is 20.9 Å². The minimum Gasteiger partial charge on any atom is -0.491 e. The maximum absolute atomic E-state index is 12.9. The number of pyridine rings is 1. The van der Waals surface area contributed by atoms with Crippen LogP contribution >= 0.6 is 34.2 Å². The van der Waals surface area contributed by atoms with Crippen LogP contribution in [-0.2, 0) is 24.3 Å². The van der Waals surface area contributed by atoms with Crippen molar-refractivity contribution in [3.05, 3.63) is 90.4 Å². The summed E-state index contributed by atoms with van der Waals surface area (Å²) in [5.41, 5.74) is 2.13. The predicted octanol–water partition coefficient (Wildman–Crippen LogP) is 5.16. The molecule has 0 aliphatic heterocycles. The molecule has 8 heteroatoms. The predicted molar refractivity (Wildman–Crippen MR) is 137 cm³/mol. The molecule has 0 atom stereocenters. The molecule has 0 amide bonds. The van der Waals surface area contributed by atoms with Gasteiger partial charge in [-0.15, -0.1) is 0 Å². The number of nitrogens with zero attached hydrogens (tertiary/aromatic N) is 1. The van der Waals surface area contributed by atoms with Crippen LogP contribution in [0.15, 0.2) is 59.4 Å². The molecule has 0 spiro atoms. The van der Waals surface area contributed by atoms with Crippen LogP contribution in [0.5, 0.6) is 11.5 Å². The highest BCUT2D eigenvalue weighted by atomic mass is 127. The normalized spacial score (nSPS) is 10.8. The fraction of sp³-hybridized carbons (Fsp3) is 0.280. The molecule has 0 saturated carbocycles. The van der Waals surface area contributed by atoms with Crippen molar-refractivity contribution in [3.63, 3.8) is 0 Å². The molecule has 0 bridgehead atoms. The van der Waals surface area contributed by atoms with Crippen molar-refractivity contribution in [1.82, 2.24) is 4.57 Å². The molecule has 3 rings (SSSR count). The fourth-order valence-corrected chi connectivity index (χ4v) is 4.24. The van der Waals surface area contributed by atoms with Crippen LogP contribution < -0.4 is 15.0 Å². The number of aldehydes is 1. The Kier molecular flexibility index (Phi) is 9.77. The zero-order valence-corrected chi connectivity index (χ0v) is 21.2. The zero-order chi connectivity index (χ0) is 23.6. The summed E-state index contributed by atoms with van der Waals surface area (Å²) >= 11 is 8.50. The van der Waals surface area contributed by atoms with Crippen LogP contribution in [-0.4, -0.2) is 30.7 Å².